The number of nitriles is 3. The van der Waals surface area contributed by atoms with E-state index in [0.29, 0.717) is 88.4 Å². The van der Waals surface area contributed by atoms with Crippen LogP contribution in [0, 0.1) is 53.7 Å². The molecule has 0 bridgehead atoms. The maximum absolute atomic E-state index is 15.7. The van der Waals surface area contributed by atoms with E-state index in [1.807, 2.05) is 130 Å². The van der Waals surface area contributed by atoms with Gasteiger partial charge in [0.05, 0.1) is 87.6 Å². The molecule has 362 valence electrons. The van der Waals surface area contributed by atoms with Crippen molar-refractivity contribution in [2.75, 3.05) is 0 Å². The lowest BCUT2D eigenvalue weighted by Crippen LogP contribution is -2.09. The molecule has 0 aliphatic carbocycles. The van der Waals surface area contributed by atoms with Crippen LogP contribution >= 0.6 is 0 Å². The summed E-state index contributed by atoms with van der Waals surface area (Å²) in [5.74, 6) is 0. The Morgan fingerprint density at radius 3 is 1.17 bits per heavy atom. The van der Waals surface area contributed by atoms with Crippen molar-refractivity contribution in [2.24, 2.45) is 0 Å². The summed E-state index contributed by atoms with van der Waals surface area (Å²) in [4.78, 5) is 11.0. The number of hydrogen-bond donors (Lipinski definition) is 0. The minimum atomic E-state index is -4.93. The average molecular weight is 1010 g/mol. The van der Waals surface area contributed by atoms with Crippen molar-refractivity contribution < 1.29 is 13.2 Å². The molecule has 0 radical (unpaired) electrons. The zero-order chi connectivity index (χ0) is 53.8. The SMILES string of the molecule is [C-]#[N+]c1ccc(-c2cc(-n3c4ccc(-c5ccccc5C#N)cc4c4cc(-c5ccccc5C#N)ccc43)c(C#N)cc2-n2c3ccc(-c4ccccc4[N+]#[C-])cc3c3cc(-c4ccccc4[N+]#[C-])ccc32)c(C(F)(F)F)c1. The monoisotopic (exact) mass is 1010 g/mol. The van der Waals surface area contributed by atoms with E-state index < -0.39 is 11.7 Å². The van der Waals surface area contributed by atoms with Crippen molar-refractivity contribution in [3.63, 3.8) is 0 Å². The quantitative estimate of drug-likeness (QED) is 0.149. The molecule has 11 heteroatoms. The number of alkyl halides is 3. The third-order valence-electron chi connectivity index (χ3n) is 14.4. The van der Waals surface area contributed by atoms with Crippen molar-refractivity contribution >= 4 is 60.7 Å². The Balaban J connectivity index is 1.20. The molecule has 0 spiro atoms. The average Bonchev–Trinajstić information content (AvgIpc) is 4.22. The first-order chi connectivity index (χ1) is 38.0. The third kappa shape index (κ3) is 7.73. The maximum Gasteiger partial charge on any atom is 0.415 e. The minimum Gasteiger partial charge on any atom is -0.309 e. The summed E-state index contributed by atoms with van der Waals surface area (Å²) in [7, 11) is 0. The molecule has 0 saturated heterocycles. The van der Waals surface area contributed by atoms with Gasteiger partial charge in [-0.05, 0) is 129 Å². The summed E-state index contributed by atoms with van der Waals surface area (Å²) in [5, 5.41) is 34.6. The topological polar surface area (TPSA) is 94.3 Å². The molecular formula is C67H33F3N8. The van der Waals surface area contributed by atoms with Gasteiger partial charge < -0.3 is 9.13 Å². The van der Waals surface area contributed by atoms with Gasteiger partial charge in [0.15, 0.2) is 17.1 Å². The summed E-state index contributed by atoms with van der Waals surface area (Å²) >= 11 is 0. The number of aromatic nitrogens is 2. The van der Waals surface area contributed by atoms with Gasteiger partial charge in [0.1, 0.15) is 6.07 Å². The highest BCUT2D eigenvalue weighted by Gasteiger charge is 2.35. The second kappa shape index (κ2) is 18.8. The molecule has 2 heterocycles. The van der Waals surface area contributed by atoms with E-state index in [1.165, 1.54) is 12.1 Å². The van der Waals surface area contributed by atoms with Crippen LogP contribution < -0.4 is 0 Å². The van der Waals surface area contributed by atoms with Crippen molar-refractivity contribution in [3.8, 4) is 85.2 Å². The van der Waals surface area contributed by atoms with Gasteiger partial charge in [-0.15, -0.1) is 0 Å². The Bertz CT molecular complexity index is 4590. The molecule has 0 saturated carbocycles. The van der Waals surface area contributed by atoms with Gasteiger partial charge in [0, 0.05) is 27.1 Å². The predicted molar refractivity (Wildman–Crippen MR) is 300 cm³/mol. The molecule has 12 rings (SSSR count). The van der Waals surface area contributed by atoms with Crippen LogP contribution in [-0.2, 0) is 6.18 Å². The fraction of sp³-hybridized carbons (Fsp3) is 0.0149. The molecule has 78 heavy (non-hydrogen) atoms. The predicted octanol–water partition coefficient (Wildman–Crippen LogP) is 18.5. The largest absolute Gasteiger partial charge is 0.415 e. The van der Waals surface area contributed by atoms with E-state index >= 15 is 13.2 Å². The number of fused-ring (bicyclic) bond motifs is 6. The van der Waals surface area contributed by atoms with Crippen molar-refractivity contribution in [3.05, 3.63) is 257 Å². The van der Waals surface area contributed by atoms with Gasteiger partial charge in [-0.2, -0.15) is 29.0 Å². The molecular weight excluding hydrogens is 974 g/mol. The maximum atomic E-state index is 15.7. The second-order valence-corrected chi connectivity index (χ2v) is 18.5. The molecule has 12 aromatic rings. The summed E-state index contributed by atoms with van der Waals surface area (Å²) in [6.07, 6.45) is -4.93. The van der Waals surface area contributed by atoms with Crippen LogP contribution in [0.25, 0.3) is 125 Å². The molecule has 0 amide bonds. The molecule has 2 aromatic heterocycles. The number of nitrogens with zero attached hydrogens (tertiary/aromatic N) is 8. The summed E-state index contributed by atoms with van der Waals surface area (Å²) in [6.45, 7) is 23.7. The van der Waals surface area contributed by atoms with E-state index in [2.05, 4.69) is 32.7 Å². The standard InChI is InChI=1S/C67H33F3N8/c1-74-47-24-25-52(58(35-47)67(68,69)70)57-36-65(77-61-26-20-40(48-14-6-4-12-44(48)37-71)30-53(61)54-31-41(21-27-62(54)77)49-15-7-5-13-45(49)38-72)46(39-73)34-66(57)78-63-28-22-42(50-16-8-10-18-59(50)75-2)32-55(63)56-33-43(23-29-64(56)78)51-17-9-11-19-60(51)76-3/h4-36H. The first-order valence-electron chi connectivity index (χ1n) is 24.3. The zero-order valence-corrected chi connectivity index (χ0v) is 40.8. The summed E-state index contributed by atoms with van der Waals surface area (Å²) in [6, 6.07) is 65.5. The molecule has 0 atom stereocenters. The number of hydrogen-bond acceptors (Lipinski definition) is 3. The Morgan fingerprint density at radius 2 is 0.756 bits per heavy atom. The number of halogens is 3. The Labute approximate surface area is 444 Å². The van der Waals surface area contributed by atoms with E-state index in [-0.39, 0.29) is 33.8 Å². The van der Waals surface area contributed by atoms with Gasteiger partial charge in [-0.3, -0.25) is 0 Å². The third-order valence-corrected chi connectivity index (χ3v) is 14.4. The Hall–Kier alpha value is -11.5. The summed E-state index contributed by atoms with van der Waals surface area (Å²) < 4.78 is 50.9. The highest BCUT2D eigenvalue weighted by atomic mass is 19.4. The van der Waals surface area contributed by atoms with Crippen LogP contribution in [0.4, 0.5) is 30.2 Å². The molecule has 0 N–H and O–H groups in total. The second-order valence-electron chi connectivity index (χ2n) is 18.5. The number of rotatable bonds is 7. The molecule has 0 aliphatic heterocycles. The molecule has 0 fully saturated rings. The Morgan fingerprint density at radius 1 is 0.359 bits per heavy atom. The van der Waals surface area contributed by atoms with E-state index in [4.69, 9.17) is 19.7 Å². The van der Waals surface area contributed by atoms with Gasteiger partial charge in [0.2, 0.25) is 0 Å². The highest BCUT2D eigenvalue weighted by molar-refractivity contribution is 6.14. The van der Waals surface area contributed by atoms with Crippen molar-refractivity contribution in [1.82, 2.24) is 9.13 Å². The number of benzene rings is 10. The van der Waals surface area contributed by atoms with Gasteiger partial charge in [-0.1, -0.05) is 121 Å². The van der Waals surface area contributed by atoms with Gasteiger partial charge in [0.25, 0.3) is 0 Å². The normalized spacial score (nSPS) is 11.2. The van der Waals surface area contributed by atoms with Crippen LogP contribution in [-0.4, -0.2) is 9.13 Å². The van der Waals surface area contributed by atoms with Crippen LogP contribution in [0.3, 0.4) is 0 Å². The number of para-hydroxylation sites is 2. The lowest BCUT2D eigenvalue weighted by atomic mass is 9.94. The first kappa shape index (κ1) is 47.5. The molecule has 10 aromatic carbocycles. The van der Waals surface area contributed by atoms with Crippen LogP contribution in [0.1, 0.15) is 22.3 Å². The van der Waals surface area contributed by atoms with Crippen LogP contribution in [0.5, 0.6) is 0 Å². The first-order valence-corrected chi connectivity index (χ1v) is 24.3. The molecule has 0 unspecified atom stereocenters. The van der Waals surface area contributed by atoms with Gasteiger partial charge in [-0.25, -0.2) is 14.5 Å². The fourth-order valence-corrected chi connectivity index (χ4v) is 10.9. The van der Waals surface area contributed by atoms with E-state index in [0.717, 1.165) is 28.3 Å². The fourth-order valence-electron chi connectivity index (χ4n) is 10.9. The van der Waals surface area contributed by atoms with Crippen molar-refractivity contribution in [2.45, 2.75) is 6.18 Å². The van der Waals surface area contributed by atoms with Crippen LogP contribution in [0.15, 0.2) is 200 Å². The lowest BCUT2D eigenvalue weighted by Gasteiger charge is -2.21. The smallest absolute Gasteiger partial charge is 0.309 e. The molecule has 8 nitrogen and oxygen atoms in total. The van der Waals surface area contributed by atoms with E-state index in [9.17, 15) is 15.8 Å². The minimum absolute atomic E-state index is 0.102. The summed E-state index contributed by atoms with van der Waals surface area (Å²) in [5.41, 5.74) is 9.11. The zero-order valence-electron chi connectivity index (χ0n) is 40.8. The van der Waals surface area contributed by atoms with E-state index in [1.54, 1.807) is 60.7 Å². The highest BCUT2D eigenvalue weighted by Crippen LogP contribution is 2.48. The van der Waals surface area contributed by atoms with Crippen LogP contribution in [0.2, 0.25) is 0 Å². The van der Waals surface area contributed by atoms with Gasteiger partial charge >= 0.3 is 6.18 Å². The lowest BCUT2D eigenvalue weighted by molar-refractivity contribution is -0.137. The Kier molecular flexibility index (Phi) is 11.4. The molecule has 0 aliphatic rings. The van der Waals surface area contributed by atoms with Crippen molar-refractivity contribution in [1.29, 1.82) is 15.8 Å².